The lowest BCUT2D eigenvalue weighted by Gasteiger charge is -2.00. The van der Waals surface area contributed by atoms with Crippen LogP contribution in [0.5, 0.6) is 0 Å². The van der Waals surface area contributed by atoms with Gasteiger partial charge in [0.15, 0.2) is 9.91 Å². The van der Waals surface area contributed by atoms with Gasteiger partial charge in [0.1, 0.15) is 11.9 Å². The second kappa shape index (κ2) is 9.00. The van der Waals surface area contributed by atoms with E-state index in [0.717, 1.165) is 0 Å². The Morgan fingerprint density at radius 3 is 3.00 bits per heavy atom. The van der Waals surface area contributed by atoms with Crippen molar-refractivity contribution in [2.24, 2.45) is 0 Å². The minimum absolute atomic E-state index is 0.160. The number of rotatable bonds is 7. The maximum Gasteiger partial charge on any atom is 0.350 e. The summed E-state index contributed by atoms with van der Waals surface area (Å²) in [5.41, 5.74) is 0.425. The number of nitrogens with zero attached hydrogens (tertiary/aromatic N) is 3. The highest BCUT2D eigenvalue weighted by atomic mass is 32.2. The molecule has 124 valence electrons. The fraction of sp³-hybridized carbons (Fsp3) is 0.200. The van der Waals surface area contributed by atoms with E-state index in [9.17, 15) is 9.18 Å². The van der Waals surface area contributed by atoms with E-state index in [1.54, 1.807) is 31.2 Å². The Bertz CT molecular complexity index is 786. The van der Waals surface area contributed by atoms with Gasteiger partial charge in [-0.05, 0) is 18.6 Å². The summed E-state index contributed by atoms with van der Waals surface area (Å²) >= 11 is 2.59. The molecule has 0 saturated carbocycles. The number of benzene rings is 1. The fourth-order valence-electron chi connectivity index (χ4n) is 1.56. The van der Waals surface area contributed by atoms with Crippen LogP contribution in [-0.4, -0.2) is 22.8 Å². The van der Waals surface area contributed by atoms with Gasteiger partial charge in [-0.25, -0.2) is 9.18 Å². The van der Waals surface area contributed by atoms with Gasteiger partial charge in [0.05, 0.1) is 6.61 Å². The number of ether oxygens (including phenoxy) is 1. The van der Waals surface area contributed by atoms with Crippen LogP contribution in [0.15, 0.2) is 40.4 Å². The number of halogens is 1. The lowest BCUT2D eigenvalue weighted by atomic mass is 10.2. The first-order valence-corrected chi connectivity index (χ1v) is 8.68. The summed E-state index contributed by atoms with van der Waals surface area (Å²) < 4.78 is 18.9. The van der Waals surface area contributed by atoms with Gasteiger partial charge < -0.3 is 10.1 Å². The lowest BCUT2D eigenvalue weighted by Crippen LogP contribution is -2.07. The van der Waals surface area contributed by atoms with E-state index < -0.39 is 5.97 Å². The van der Waals surface area contributed by atoms with Gasteiger partial charge in [0.2, 0.25) is 5.13 Å². The van der Waals surface area contributed by atoms with E-state index in [-0.39, 0.29) is 18.0 Å². The minimum atomic E-state index is -0.703. The predicted molar refractivity (Wildman–Crippen MR) is 89.8 cm³/mol. The summed E-state index contributed by atoms with van der Waals surface area (Å²) in [6.07, 6.45) is 1.23. The summed E-state index contributed by atoms with van der Waals surface area (Å²) in [5, 5.41) is 19.9. The van der Waals surface area contributed by atoms with Gasteiger partial charge >= 0.3 is 5.97 Å². The van der Waals surface area contributed by atoms with Crippen molar-refractivity contribution in [3.05, 3.63) is 47.4 Å². The number of carbonyl (C=O) groups is 1. The number of nitrogens with one attached hydrogen (secondary N) is 1. The van der Waals surface area contributed by atoms with Gasteiger partial charge in [-0.3, -0.25) is 0 Å². The van der Waals surface area contributed by atoms with Crippen LogP contribution in [0.25, 0.3) is 0 Å². The van der Waals surface area contributed by atoms with E-state index in [2.05, 4.69) is 15.5 Å². The van der Waals surface area contributed by atoms with Crippen LogP contribution in [0, 0.1) is 17.1 Å². The Labute approximate surface area is 146 Å². The Morgan fingerprint density at radius 1 is 1.50 bits per heavy atom. The smallest absolute Gasteiger partial charge is 0.350 e. The van der Waals surface area contributed by atoms with Crippen LogP contribution < -0.4 is 5.32 Å². The number of nitriles is 1. The molecular formula is C15H13FN4O2S2. The highest BCUT2D eigenvalue weighted by molar-refractivity contribution is 8.00. The standard InChI is InChI=1S/C15H13FN4O2S2/c1-2-22-13(21)11(7-17)8-18-14-19-20-15(24-14)23-9-10-5-3-4-6-12(10)16/h3-6,8H,2,9H2,1H3,(H,18,19)/b11-8+. The number of hydrogen-bond donors (Lipinski definition) is 1. The number of thioether (sulfide) groups is 1. The molecule has 2 aromatic rings. The molecule has 0 spiro atoms. The SMILES string of the molecule is CCOC(=O)/C(C#N)=C/Nc1nnc(SCc2ccccc2F)s1. The molecular weight excluding hydrogens is 351 g/mol. The third-order valence-corrected chi connectivity index (χ3v) is 4.71. The average Bonchev–Trinajstić information content (AvgIpc) is 3.03. The Kier molecular flexibility index (Phi) is 6.72. The average molecular weight is 364 g/mol. The Morgan fingerprint density at radius 2 is 2.29 bits per heavy atom. The molecule has 0 aliphatic heterocycles. The highest BCUT2D eigenvalue weighted by Gasteiger charge is 2.11. The molecule has 2 rings (SSSR count). The first kappa shape index (κ1) is 17.9. The third kappa shape index (κ3) is 5.04. The van der Waals surface area contributed by atoms with Gasteiger partial charge in [-0.2, -0.15) is 5.26 Å². The van der Waals surface area contributed by atoms with Gasteiger partial charge in [0.25, 0.3) is 0 Å². The van der Waals surface area contributed by atoms with Crippen LogP contribution in [0.3, 0.4) is 0 Å². The van der Waals surface area contributed by atoms with Gasteiger partial charge in [-0.15, -0.1) is 10.2 Å². The van der Waals surface area contributed by atoms with E-state index in [1.807, 2.05) is 0 Å². The van der Waals surface area contributed by atoms with Crippen molar-refractivity contribution in [2.45, 2.75) is 17.0 Å². The largest absolute Gasteiger partial charge is 0.462 e. The van der Waals surface area contributed by atoms with Crippen molar-refractivity contribution in [3.8, 4) is 6.07 Å². The Balaban J connectivity index is 1.94. The topological polar surface area (TPSA) is 87.9 Å². The molecule has 0 fully saturated rings. The molecule has 6 nitrogen and oxygen atoms in total. The first-order valence-electron chi connectivity index (χ1n) is 6.87. The van der Waals surface area contributed by atoms with Crippen molar-refractivity contribution in [1.82, 2.24) is 10.2 Å². The third-order valence-electron chi connectivity index (χ3n) is 2.67. The molecule has 1 N–H and O–H groups in total. The predicted octanol–water partition coefficient (Wildman–Crippen LogP) is 3.35. The van der Waals surface area contributed by atoms with Crippen molar-refractivity contribution < 1.29 is 13.9 Å². The van der Waals surface area contributed by atoms with Crippen LogP contribution in [0.2, 0.25) is 0 Å². The van der Waals surface area contributed by atoms with Gasteiger partial charge in [0, 0.05) is 12.0 Å². The normalized spacial score (nSPS) is 11.0. The molecule has 0 radical (unpaired) electrons. The summed E-state index contributed by atoms with van der Waals surface area (Å²) in [5.74, 6) is -0.529. The van der Waals surface area contributed by atoms with Crippen LogP contribution in [-0.2, 0) is 15.3 Å². The lowest BCUT2D eigenvalue weighted by molar-refractivity contribution is -0.138. The van der Waals surface area contributed by atoms with E-state index >= 15 is 0 Å². The molecule has 0 atom stereocenters. The zero-order valence-electron chi connectivity index (χ0n) is 12.7. The summed E-state index contributed by atoms with van der Waals surface area (Å²) in [6, 6.07) is 8.28. The molecule has 0 saturated heterocycles. The first-order chi connectivity index (χ1) is 11.6. The molecule has 1 heterocycles. The van der Waals surface area contributed by atoms with E-state index in [1.165, 1.54) is 35.4 Å². The number of aromatic nitrogens is 2. The second-order valence-corrected chi connectivity index (χ2v) is 6.49. The van der Waals surface area contributed by atoms with E-state index in [4.69, 9.17) is 10.00 Å². The van der Waals surface area contributed by atoms with Crippen LogP contribution in [0.4, 0.5) is 9.52 Å². The zero-order chi connectivity index (χ0) is 17.4. The second-order valence-electron chi connectivity index (χ2n) is 4.29. The number of anilines is 1. The zero-order valence-corrected chi connectivity index (χ0v) is 14.3. The van der Waals surface area contributed by atoms with E-state index in [0.29, 0.717) is 20.8 Å². The molecule has 0 unspecified atom stereocenters. The Hall–Kier alpha value is -2.44. The molecule has 1 aromatic heterocycles. The summed E-state index contributed by atoms with van der Waals surface area (Å²) in [7, 11) is 0. The molecule has 0 bridgehead atoms. The molecule has 1 aromatic carbocycles. The molecule has 24 heavy (non-hydrogen) atoms. The van der Waals surface area contributed by atoms with Crippen molar-refractivity contribution in [2.75, 3.05) is 11.9 Å². The quantitative estimate of drug-likeness (QED) is 0.349. The maximum atomic E-state index is 13.5. The maximum absolute atomic E-state index is 13.5. The summed E-state index contributed by atoms with van der Waals surface area (Å²) in [4.78, 5) is 11.5. The molecule has 0 aliphatic rings. The van der Waals surface area contributed by atoms with Crippen molar-refractivity contribution >= 4 is 34.2 Å². The summed E-state index contributed by atoms with van der Waals surface area (Å²) in [6.45, 7) is 1.84. The monoisotopic (exact) mass is 364 g/mol. The molecule has 9 heteroatoms. The fourth-order valence-corrected chi connectivity index (χ4v) is 3.27. The molecule has 0 aliphatic carbocycles. The van der Waals surface area contributed by atoms with Crippen LogP contribution in [0.1, 0.15) is 12.5 Å². The molecule has 0 amide bonds. The van der Waals surface area contributed by atoms with Gasteiger partial charge in [-0.1, -0.05) is 41.3 Å². The number of carbonyl (C=O) groups excluding carboxylic acids is 1. The van der Waals surface area contributed by atoms with Crippen LogP contribution >= 0.6 is 23.1 Å². The number of esters is 1. The number of hydrogen-bond acceptors (Lipinski definition) is 8. The highest BCUT2D eigenvalue weighted by Crippen LogP contribution is 2.29. The van der Waals surface area contributed by atoms with Crippen molar-refractivity contribution in [3.63, 3.8) is 0 Å². The minimum Gasteiger partial charge on any atom is -0.462 e. The van der Waals surface area contributed by atoms with Crippen molar-refractivity contribution in [1.29, 1.82) is 5.26 Å².